The predicted octanol–water partition coefficient (Wildman–Crippen LogP) is 2.44. The number of nitro groups is 1. The largest absolute Gasteiger partial charge is 0.454 e. The zero-order valence-electron chi connectivity index (χ0n) is 10.2. The van der Waals surface area contributed by atoms with Crippen molar-refractivity contribution in [1.82, 2.24) is 0 Å². The van der Waals surface area contributed by atoms with Crippen molar-refractivity contribution in [3.63, 3.8) is 0 Å². The molecule has 1 aromatic carbocycles. The molecule has 7 nitrogen and oxygen atoms in total. The van der Waals surface area contributed by atoms with Gasteiger partial charge < -0.3 is 14.8 Å². The van der Waals surface area contributed by atoms with E-state index in [4.69, 9.17) is 9.47 Å². The number of ether oxygens (including phenoxy) is 2. The number of amides is 1. The fourth-order valence-corrected chi connectivity index (χ4v) is 1.55. The van der Waals surface area contributed by atoms with E-state index in [-0.39, 0.29) is 18.2 Å². The molecule has 0 saturated heterocycles. The van der Waals surface area contributed by atoms with Gasteiger partial charge in [-0.25, -0.2) is 0 Å². The van der Waals surface area contributed by atoms with Gasteiger partial charge in [-0.15, -0.1) is 0 Å². The van der Waals surface area contributed by atoms with Crippen molar-refractivity contribution in [1.29, 1.82) is 0 Å². The molecule has 2 rings (SSSR count). The van der Waals surface area contributed by atoms with Gasteiger partial charge >= 0.3 is 0 Å². The number of nitrogens with one attached hydrogen (secondary N) is 1. The van der Waals surface area contributed by atoms with Crippen LogP contribution >= 0.6 is 15.9 Å². The summed E-state index contributed by atoms with van der Waals surface area (Å²) in [6, 6.07) is 2.62. The lowest BCUT2D eigenvalue weighted by Crippen LogP contribution is -2.31. The maximum absolute atomic E-state index is 11.9. The molecule has 0 bridgehead atoms. The third kappa shape index (κ3) is 2.78. The monoisotopic (exact) mass is 330 g/mol. The van der Waals surface area contributed by atoms with Gasteiger partial charge in [0.05, 0.1) is 15.3 Å². The van der Waals surface area contributed by atoms with E-state index >= 15 is 0 Å². The first-order valence-corrected chi connectivity index (χ1v) is 6.17. The summed E-state index contributed by atoms with van der Waals surface area (Å²) in [5.41, 5.74) is -0.166. The molecular formula is C11H11BrN2O5. The predicted molar refractivity (Wildman–Crippen MR) is 70.9 cm³/mol. The Balaban J connectivity index is 2.39. The van der Waals surface area contributed by atoms with E-state index in [1.807, 2.05) is 0 Å². The van der Waals surface area contributed by atoms with Crippen LogP contribution in [0.2, 0.25) is 0 Å². The first-order chi connectivity index (χ1) is 8.79. The van der Waals surface area contributed by atoms with E-state index in [1.165, 1.54) is 12.1 Å². The van der Waals surface area contributed by atoms with E-state index in [0.717, 1.165) is 0 Å². The zero-order valence-corrected chi connectivity index (χ0v) is 11.8. The Bertz CT molecular complexity index is 553. The summed E-state index contributed by atoms with van der Waals surface area (Å²) in [7, 11) is 0. The quantitative estimate of drug-likeness (QED) is 0.522. The SMILES string of the molecule is CC(C)(Br)C(=O)Nc1cc2c(cc1[N+](=O)[O-])OCO2. The summed E-state index contributed by atoms with van der Waals surface area (Å²) >= 11 is 3.19. The molecule has 0 spiro atoms. The van der Waals surface area contributed by atoms with Crippen LogP contribution in [0, 0.1) is 10.1 Å². The molecule has 0 radical (unpaired) electrons. The first kappa shape index (κ1) is 13.6. The molecular weight excluding hydrogens is 320 g/mol. The third-order valence-electron chi connectivity index (χ3n) is 2.48. The van der Waals surface area contributed by atoms with Gasteiger partial charge in [0, 0.05) is 6.07 Å². The number of anilines is 1. The number of hydrogen-bond acceptors (Lipinski definition) is 5. The van der Waals surface area contributed by atoms with Crippen molar-refractivity contribution in [2.45, 2.75) is 18.2 Å². The van der Waals surface area contributed by atoms with Crippen LogP contribution in [0.5, 0.6) is 11.5 Å². The summed E-state index contributed by atoms with van der Waals surface area (Å²) in [5.74, 6) is 0.269. The third-order valence-corrected chi connectivity index (χ3v) is 2.84. The van der Waals surface area contributed by atoms with Crippen LogP contribution in [0.3, 0.4) is 0 Å². The standard InChI is InChI=1S/C11H11BrN2O5/c1-11(2,12)10(15)13-6-3-8-9(19-5-18-8)4-7(6)14(16)17/h3-4H,5H2,1-2H3,(H,13,15). The molecule has 8 heteroatoms. The fraction of sp³-hybridized carbons (Fsp3) is 0.364. The number of rotatable bonds is 3. The normalized spacial score (nSPS) is 13.2. The molecule has 19 heavy (non-hydrogen) atoms. The summed E-state index contributed by atoms with van der Waals surface area (Å²) in [5, 5.41) is 13.5. The summed E-state index contributed by atoms with van der Waals surface area (Å²) < 4.78 is 9.37. The lowest BCUT2D eigenvalue weighted by Gasteiger charge is -2.16. The Hall–Kier alpha value is -1.83. The molecule has 1 aromatic rings. The minimum absolute atomic E-state index is 0.00776. The molecule has 0 aromatic heterocycles. The molecule has 0 unspecified atom stereocenters. The van der Waals surface area contributed by atoms with Crippen molar-refractivity contribution in [3.8, 4) is 11.5 Å². The fourth-order valence-electron chi connectivity index (χ4n) is 1.45. The van der Waals surface area contributed by atoms with Gasteiger partial charge in [0.25, 0.3) is 5.69 Å². The van der Waals surface area contributed by atoms with Gasteiger partial charge in [-0.05, 0) is 13.8 Å². The average Bonchev–Trinajstić information content (AvgIpc) is 2.73. The number of alkyl halides is 1. The highest BCUT2D eigenvalue weighted by Crippen LogP contribution is 2.40. The number of carbonyl (C=O) groups excluding carboxylic acids is 1. The van der Waals surface area contributed by atoms with Crippen LogP contribution in [0.25, 0.3) is 0 Å². The molecule has 0 aliphatic carbocycles. The van der Waals surface area contributed by atoms with Crippen LogP contribution in [-0.2, 0) is 4.79 Å². The Kier molecular flexibility index (Phi) is 3.36. The van der Waals surface area contributed by atoms with Gasteiger partial charge in [0.1, 0.15) is 5.69 Å². The van der Waals surface area contributed by atoms with Crippen LogP contribution < -0.4 is 14.8 Å². The molecule has 0 saturated carbocycles. The van der Waals surface area contributed by atoms with Crippen LogP contribution in [0.1, 0.15) is 13.8 Å². The Morgan fingerprint density at radius 2 is 2.00 bits per heavy atom. The second-order valence-corrected chi connectivity index (χ2v) is 6.39. The van der Waals surface area contributed by atoms with E-state index < -0.39 is 15.2 Å². The Morgan fingerprint density at radius 1 is 1.42 bits per heavy atom. The molecule has 0 fully saturated rings. The maximum atomic E-state index is 11.9. The van der Waals surface area contributed by atoms with Crippen molar-refractivity contribution < 1.29 is 19.2 Å². The van der Waals surface area contributed by atoms with Crippen molar-refractivity contribution >= 4 is 33.2 Å². The van der Waals surface area contributed by atoms with E-state index in [0.29, 0.717) is 11.5 Å². The number of nitrogens with zero attached hydrogens (tertiary/aromatic N) is 1. The zero-order chi connectivity index (χ0) is 14.2. The van der Waals surface area contributed by atoms with Gasteiger partial charge in [0.2, 0.25) is 12.7 Å². The van der Waals surface area contributed by atoms with Gasteiger partial charge in [-0.1, -0.05) is 15.9 Å². The summed E-state index contributed by atoms with van der Waals surface area (Å²) in [4.78, 5) is 22.3. The van der Waals surface area contributed by atoms with Crippen molar-refractivity contribution in [2.24, 2.45) is 0 Å². The van der Waals surface area contributed by atoms with E-state index in [1.54, 1.807) is 13.8 Å². The maximum Gasteiger partial charge on any atom is 0.296 e. The highest BCUT2D eigenvalue weighted by Gasteiger charge is 2.29. The number of nitro benzene ring substituents is 1. The number of fused-ring (bicyclic) bond motifs is 1. The van der Waals surface area contributed by atoms with Gasteiger partial charge in [0.15, 0.2) is 11.5 Å². The summed E-state index contributed by atoms with van der Waals surface area (Å²) in [6.07, 6.45) is 0. The molecule has 1 aliphatic heterocycles. The number of halogens is 1. The molecule has 1 aliphatic rings. The Labute approximate surface area is 117 Å². The van der Waals surface area contributed by atoms with Gasteiger partial charge in [-0.2, -0.15) is 0 Å². The second kappa shape index (κ2) is 4.69. The van der Waals surface area contributed by atoms with E-state index in [2.05, 4.69) is 21.2 Å². The minimum Gasteiger partial charge on any atom is -0.454 e. The summed E-state index contributed by atoms with van der Waals surface area (Å²) in [6.45, 7) is 3.29. The highest BCUT2D eigenvalue weighted by atomic mass is 79.9. The van der Waals surface area contributed by atoms with E-state index in [9.17, 15) is 14.9 Å². The Morgan fingerprint density at radius 3 is 2.53 bits per heavy atom. The van der Waals surface area contributed by atoms with Crippen molar-refractivity contribution in [2.75, 3.05) is 12.1 Å². The number of benzene rings is 1. The molecule has 102 valence electrons. The molecule has 0 atom stereocenters. The number of carbonyl (C=O) groups is 1. The second-order valence-electron chi connectivity index (χ2n) is 4.41. The van der Waals surface area contributed by atoms with Crippen LogP contribution in [-0.4, -0.2) is 21.9 Å². The first-order valence-electron chi connectivity index (χ1n) is 5.37. The van der Waals surface area contributed by atoms with Crippen molar-refractivity contribution in [3.05, 3.63) is 22.2 Å². The van der Waals surface area contributed by atoms with Crippen LogP contribution in [0.4, 0.5) is 11.4 Å². The van der Waals surface area contributed by atoms with Crippen LogP contribution in [0.15, 0.2) is 12.1 Å². The van der Waals surface area contributed by atoms with Gasteiger partial charge in [-0.3, -0.25) is 14.9 Å². The topological polar surface area (TPSA) is 90.7 Å². The lowest BCUT2D eigenvalue weighted by atomic mass is 10.2. The highest BCUT2D eigenvalue weighted by molar-refractivity contribution is 9.10. The molecule has 1 heterocycles. The molecule has 1 amide bonds. The lowest BCUT2D eigenvalue weighted by molar-refractivity contribution is -0.384. The smallest absolute Gasteiger partial charge is 0.296 e. The average molecular weight is 331 g/mol. The molecule has 1 N–H and O–H groups in total. The minimum atomic E-state index is -0.836. The number of hydrogen-bond donors (Lipinski definition) is 1.